The van der Waals surface area contributed by atoms with Crippen molar-refractivity contribution >= 4 is 11.5 Å². The molecule has 0 aliphatic heterocycles. The van der Waals surface area contributed by atoms with Crippen molar-refractivity contribution in [3.8, 4) is 11.8 Å². The van der Waals surface area contributed by atoms with Crippen LogP contribution in [-0.2, 0) is 4.79 Å². The van der Waals surface area contributed by atoms with Crippen molar-refractivity contribution < 1.29 is 22.7 Å². The Kier molecular flexibility index (Phi) is 4.17. The molecule has 0 atom stereocenters. The molecule has 1 aromatic carbocycles. The van der Waals surface area contributed by atoms with Gasteiger partial charge in [-0.3, -0.25) is 4.79 Å². The molecule has 1 aliphatic rings. The number of anilines is 1. The molecular formula is C14H11F3N2O2. The number of carbonyl (C=O) groups is 1. The van der Waals surface area contributed by atoms with Gasteiger partial charge in [0.05, 0.1) is 0 Å². The molecule has 7 heteroatoms. The Morgan fingerprint density at radius 1 is 1.33 bits per heavy atom. The summed E-state index contributed by atoms with van der Waals surface area (Å²) in [5.74, 6) is -0.617. The van der Waals surface area contributed by atoms with E-state index in [9.17, 15) is 18.0 Å². The largest absolute Gasteiger partial charge is 0.573 e. The monoisotopic (exact) mass is 296 g/mol. The van der Waals surface area contributed by atoms with Crippen molar-refractivity contribution in [1.29, 1.82) is 5.26 Å². The number of allylic oxidation sites excluding steroid dienone is 1. The van der Waals surface area contributed by atoms with Crippen LogP contribution in [0, 0.1) is 17.2 Å². The van der Waals surface area contributed by atoms with E-state index in [0.29, 0.717) is 5.69 Å². The minimum Gasteiger partial charge on any atom is -0.406 e. The van der Waals surface area contributed by atoms with Crippen LogP contribution in [0.3, 0.4) is 0 Å². The molecule has 1 aromatic rings. The highest BCUT2D eigenvalue weighted by Gasteiger charge is 2.32. The van der Waals surface area contributed by atoms with Gasteiger partial charge in [0.1, 0.15) is 17.4 Å². The number of nitrogens with one attached hydrogen (secondary N) is 1. The topological polar surface area (TPSA) is 62.1 Å². The minimum atomic E-state index is -4.74. The summed E-state index contributed by atoms with van der Waals surface area (Å²) in [4.78, 5) is 11.7. The van der Waals surface area contributed by atoms with Gasteiger partial charge in [-0.2, -0.15) is 5.26 Å². The summed E-state index contributed by atoms with van der Waals surface area (Å²) in [7, 11) is 0. The number of alkyl halides is 3. The molecule has 1 saturated carbocycles. The molecule has 0 bridgehead atoms. The molecule has 110 valence electrons. The number of rotatable bonds is 5. The van der Waals surface area contributed by atoms with E-state index in [1.54, 1.807) is 0 Å². The highest BCUT2D eigenvalue weighted by atomic mass is 19.4. The van der Waals surface area contributed by atoms with Crippen LogP contribution in [-0.4, -0.2) is 12.1 Å². The van der Waals surface area contributed by atoms with Gasteiger partial charge in [-0.15, -0.1) is 13.2 Å². The van der Waals surface area contributed by atoms with Crippen molar-refractivity contribution in [3.63, 3.8) is 0 Å². The second kappa shape index (κ2) is 5.87. The Morgan fingerprint density at radius 3 is 2.43 bits per heavy atom. The number of hydrogen-bond acceptors (Lipinski definition) is 4. The summed E-state index contributed by atoms with van der Waals surface area (Å²) in [5.41, 5.74) is 0.453. The minimum absolute atomic E-state index is 0.00752. The lowest BCUT2D eigenvalue weighted by Crippen LogP contribution is -2.16. The predicted molar refractivity (Wildman–Crippen MR) is 68.2 cm³/mol. The molecule has 1 fully saturated rings. The van der Waals surface area contributed by atoms with Gasteiger partial charge < -0.3 is 10.1 Å². The predicted octanol–water partition coefficient (Wildman–Crippen LogP) is 3.38. The maximum atomic E-state index is 12.0. The fourth-order valence-electron chi connectivity index (χ4n) is 1.63. The Labute approximate surface area is 118 Å². The summed E-state index contributed by atoms with van der Waals surface area (Å²) in [6.45, 7) is 0. The number of ketones is 1. The second-order valence-electron chi connectivity index (χ2n) is 4.52. The molecule has 4 nitrogen and oxygen atoms in total. The van der Waals surface area contributed by atoms with Gasteiger partial charge in [0, 0.05) is 17.8 Å². The van der Waals surface area contributed by atoms with Crippen LogP contribution >= 0.6 is 0 Å². The maximum Gasteiger partial charge on any atom is 0.573 e. The molecule has 21 heavy (non-hydrogen) atoms. The van der Waals surface area contributed by atoms with Gasteiger partial charge in [-0.1, -0.05) is 0 Å². The summed E-state index contributed by atoms with van der Waals surface area (Å²) in [6, 6.07) is 6.80. The highest BCUT2D eigenvalue weighted by Crippen LogP contribution is 2.32. The van der Waals surface area contributed by atoms with Crippen molar-refractivity contribution in [2.75, 3.05) is 5.32 Å². The van der Waals surface area contributed by atoms with Crippen LogP contribution in [0.4, 0.5) is 18.9 Å². The zero-order valence-corrected chi connectivity index (χ0v) is 10.8. The number of ether oxygens (including phenoxy) is 1. The summed E-state index contributed by atoms with van der Waals surface area (Å²) in [5, 5.41) is 11.6. The first kappa shape index (κ1) is 14.9. The van der Waals surface area contributed by atoms with Crippen molar-refractivity contribution in [2.24, 2.45) is 5.92 Å². The lowest BCUT2D eigenvalue weighted by atomic mass is 10.1. The summed E-state index contributed by atoms with van der Waals surface area (Å²) in [6.07, 6.45) is -1.89. The fourth-order valence-corrected chi connectivity index (χ4v) is 1.63. The molecule has 1 aliphatic carbocycles. The number of benzene rings is 1. The SMILES string of the molecule is N#C/C(=C\Nc1ccc(OC(F)(F)F)cc1)C(=O)C1CC1. The molecule has 0 amide bonds. The van der Waals surface area contributed by atoms with Gasteiger partial charge >= 0.3 is 6.36 Å². The normalized spacial score (nSPS) is 15.2. The number of hydrogen-bond donors (Lipinski definition) is 1. The molecular weight excluding hydrogens is 285 g/mol. The third kappa shape index (κ3) is 4.53. The van der Waals surface area contributed by atoms with E-state index in [1.165, 1.54) is 18.3 Å². The average molecular weight is 296 g/mol. The van der Waals surface area contributed by atoms with Gasteiger partial charge in [0.2, 0.25) is 0 Å². The van der Waals surface area contributed by atoms with E-state index in [0.717, 1.165) is 25.0 Å². The Balaban J connectivity index is 1.99. The van der Waals surface area contributed by atoms with E-state index in [-0.39, 0.29) is 23.0 Å². The smallest absolute Gasteiger partial charge is 0.406 e. The summed E-state index contributed by atoms with van der Waals surface area (Å²) < 4.78 is 39.7. The standard InChI is InChI=1S/C14H11F3N2O2/c15-14(16,17)21-12-5-3-11(4-6-12)19-8-10(7-18)13(20)9-1-2-9/h3-6,8-9,19H,1-2H2/b10-8+. The number of halogens is 3. The van der Waals surface area contributed by atoms with Crippen molar-refractivity contribution in [3.05, 3.63) is 36.0 Å². The van der Waals surface area contributed by atoms with Gasteiger partial charge in [-0.05, 0) is 37.1 Å². The quantitative estimate of drug-likeness (QED) is 0.668. The van der Waals surface area contributed by atoms with Gasteiger partial charge in [0.15, 0.2) is 5.78 Å². The van der Waals surface area contributed by atoms with Crippen molar-refractivity contribution in [1.82, 2.24) is 0 Å². The van der Waals surface area contributed by atoms with E-state index >= 15 is 0 Å². The number of carbonyl (C=O) groups excluding carboxylic acids is 1. The molecule has 0 aromatic heterocycles. The molecule has 0 unspecified atom stereocenters. The number of nitriles is 1. The van der Waals surface area contributed by atoms with E-state index < -0.39 is 6.36 Å². The van der Waals surface area contributed by atoms with Crippen LogP contribution in [0.1, 0.15) is 12.8 Å². The lowest BCUT2D eigenvalue weighted by molar-refractivity contribution is -0.274. The first-order valence-electron chi connectivity index (χ1n) is 6.16. The van der Waals surface area contributed by atoms with Gasteiger partial charge in [0.25, 0.3) is 0 Å². The first-order chi connectivity index (χ1) is 9.89. The Bertz CT molecular complexity index is 596. The molecule has 0 heterocycles. The van der Waals surface area contributed by atoms with Crippen LogP contribution in [0.5, 0.6) is 5.75 Å². The third-order valence-electron chi connectivity index (χ3n) is 2.81. The van der Waals surface area contributed by atoms with Gasteiger partial charge in [-0.25, -0.2) is 0 Å². The molecule has 0 spiro atoms. The molecule has 0 saturated heterocycles. The summed E-state index contributed by atoms with van der Waals surface area (Å²) >= 11 is 0. The molecule has 2 rings (SSSR count). The second-order valence-corrected chi connectivity index (χ2v) is 4.52. The van der Waals surface area contributed by atoms with Crippen molar-refractivity contribution in [2.45, 2.75) is 19.2 Å². The number of nitrogens with zero attached hydrogens (tertiary/aromatic N) is 1. The molecule has 1 N–H and O–H groups in total. The third-order valence-corrected chi connectivity index (χ3v) is 2.81. The van der Waals surface area contributed by atoms with E-state index in [1.807, 2.05) is 6.07 Å². The zero-order chi connectivity index (χ0) is 15.5. The first-order valence-corrected chi connectivity index (χ1v) is 6.16. The fraction of sp³-hybridized carbons (Fsp3) is 0.286. The zero-order valence-electron chi connectivity index (χ0n) is 10.8. The number of Topliss-reactive ketones (excluding diaryl/α,β-unsaturated/α-hetero) is 1. The Hall–Kier alpha value is -2.49. The van der Waals surface area contributed by atoms with E-state index in [2.05, 4.69) is 10.1 Å². The lowest BCUT2D eigenvalue weighted by Gasteiger charge is -2.09. The van der Waals surface area contributed by atoms with E-state index in [4.69, 9.17) is 5.26 Å². The maximum absolute atomic E-state index is 12.0. The van der Waals surface area contributed by atoms with Crippen LogP contribution in [0.2, 0.25) is 0 Å². The highest BCUT2D eigenvalue weighted by molar-refractivity contribution is 6.02. The average Bonchev–Trinajstić information content (AvgIpc) is 3.23. The Morgan fingerprint density at radius 2 is 1.95 bits per heavy atom. The van der Waals surface area contributed by atoms with Crippen LogP contribution in [0.25, 0.3) is 0 Å². The molecule has 0 radical (unpaired) electrons. The van der Waals surface area contributed by atoms with Crippen LogP contribution < -0.4 is 10.1 Å². The van der Waals surface area contributed by atoms with Crippen LogP contribution in [0.15, 0.2) is 36.0 Å².